The Labute approximate surface area is 210 Å². The Kier molecular flexibility index (Phi) is 5.44. The van der Waals surface area contributed by atoms with Crippen molar-refractivity contribution in [3.05, 3.63) is 30.5 Å². The SMILES string of the molecule is CN(c1cnc(-c2ccc(-c3cc4c(nn3)OCCO4)cc2O)nn1)[C@H]1C[C@]2(C)CCC[C@](C)(C1)N2. The summed E-state index contributed by atoms with van der Waals surface area (Å²) in [7, 11) is 2.07. The molecule has 0 saturated carbocycles. The molecule has 0 radical (unpaired) electrons. The van der Waals surface area contributed by atoms with E-state index in [1.807, 2.05) is 6.07 Å². The highest BCUT2D eigenvalue weighted by molar-refractivity contribution is 5.72. The highest BCUT2D eigenvalue weighted by Crippen LogP contribution is 2.42. The predicted octanol–water partition coefficient (Wildman–Crippen LogP) is 3.36. The molecular weight excluding hydrogens is 458 g/mol. The Morgan fingerprint density at radius 3 is 2.50 bits per heavy atom. The summed E-state index contributed by atoms with van der Waals surface area (Å²) in [6.07, 6.45) is 7.54. The molecule has 10 nitrogen and oxygen atoms in total. The minimum Gasteiger partial charge on any atom is -0.507 e. The van der Waals surface area contributed by atoms with Crippen molar-refractivity contribution in [3.63, 3.8) is 0 Å². The Balaban J connectivity index is 1.20. The number of ether oxygens (including phenoxy) is 2. The number of hydrogen-bond acceptors (Lipinski definition) is 10. The van der Waals surface area contributed by atoms with Crippen molar-refractivity contribution in [2.75, 3.05) is 25.2 Å². The molecule has 3 aliphatic rings. The maximum atomic E-state index is 10.7. The summed E-state index contributed by atoms with van der Waals surface area (Å²) in [5.41, 5.74) is 2.08. The predicted molar refractivity (Wildman–Crippen MR) is 134 cm³/mol. The molecule has 2 bridgehead atoms. The first kappa shape index (κ1) is 22.9. The van der Waals surface area contributed by atoms with Crippen LogP contribution in [0.4, 0.5) is 5.82 Å². The van der Waals surface area contributed by atoms with E-state index in [2.05, 4.69) is 56.5 Å². The van der Waals surface area contributed by atoms with Crippen molar-refractivity contribution in [1.82, 2.24) is 30.7 Å². The number of piperidine rings is 2. The first-order chi connectivity index (χ1) is 17.3. The lowest BCUT2D eigenvalue weighted by molar-refractivity contribution is 0.0784. The van der Waals surface area contributed by atoms with E-state index in [0.29, 0.717) is 53.5 Å². The Hall–Kier alpha value is -3.53. The highest BCUT2D eigenvalue weighted by atomic mass is 16.6. The third kappa shape index (κ3) is 4.19. The summed E-state index contributed by atoms with van der Waals surface area (Å²) in [5.74, 6) is 2.07. The number of rotatable bonds is 4. The smallest absolute Gasteiger partial charge is 0.276 e. The van der Waals surface area contributed by atoms with Gasteiger partial charge in [0.2, 0.25) is 0 Å². The largest absolute Gasteiger partial charge is 0.507 e. The van der Waals surface area contributed by atoms with Crippen LogP contribution >= 0.6 is 0 Å². The number of anilines is 1. The minimum atomic E-state index is 0.0409. The van der Waals surface area contributed by atoms with Crippen molar-refractivity contribution in [2.45, 2.75) is 63.1 Å². The minimum absolute atomic E-state index is 0.0409. The normalized spacial score (nSPS) is 26.9. The second-order valence-corrected chi connectivity index (χ2v) is 10.7. The fourth-order valence-electron chi connectivity index (χ4n) is 6.03. The van der Waals surface area contributed by atoms with Gasteiger partial charge >= 0.3 is 0 Å². The van der Waals surface area contributed by atoms with Crippen LogP contribution in [-0.2, 0) is 0 Å². The van der Waals surface area contributed by atoms with Crippen LogP contribution < -0.4 is 19.7 Å². The third-order valence-corrected chi connectivity index (χ3v) is 7.73. The average Bonchev–Trinajstić information content (AvgIpc) is 2.87. The lowest BCUT2D eigenvalue weighted by atomic mass is 9.69. The van der Waals surface area contributed by atoms with Crippen LogP contribution in [0.25, 0.3) is 22.6 Å². The summed E-state index contributed by atoms with van der Waals surface area (Å²) in [4.78, 5) is 6.74. The van der Waals surface area contributed by atoms with E-state index in [0.717, 1.165) is 18.7 Å². The molecule has 0 unspecified atom stereocenters. The third-order valence-electron chi connectivity index (χ3n) is 7.73. The zero-order valence-corrected chi connectivity index (χ0v) is 20.9. The molecule has 0 amide bonds. The molecule has 0 spiro atoms. The van der Waals surface area contributed by atoms with Crippen molar-refractivity contribution in [2.24, 2.45) is 0 Å². The molecule has 3 aromatic rings. The number of aromatic nitrogens is 5. The molecule has 3 atom stereocenters. The number of phenolic OH excluding ortho intramolecular Hbond substituents is 1. The van der Waals surface area contributed by atoms with Gasteiger partial charge < -0.3 is 24.8 Å². The molecule has 36 heavy (non-hydrogen) atoms. The van der Waals surface area contributed by atoms with Crippen LogP contribution in [0.1, 0.15) is 46.0 Å². The van der Waals surface area contributed by atoms with Gasteiger partial charge in [-0.1, -0.05) is 6.07 Å². The van der Waals surface area contributed by atoms with Crippen LogP contribution in [0, 0.1) is 0 Å². The van der Waals surface area contributed by atoms with Crippen LogP contribution in [0.5, 0.6) is 17.4 Å². The van der Waals surface area contributed by atoms with Gasteiger partial charge in [0.15, 0.2) is 17.4 Å². The number of nitrogens with zero attached hydrogens (tertiary/aromatic N) is 6. The standard InChI is InChI=1S/C26H31N7O3/c1-25-7-4-8-26(2,32-25)14-17(13-25)33(3)22-15-27-23(30-29-22)18-6-5-16(11-20(18)34)19-12-21-24(31-28-19)36-10-9-35-21/h5-6,11-12,15,17,32,34H,4,7-10,13-14H2,1-3H3/t17-,25-,26+. The van der Waals surface area contributed by atoms with E-state index in [1.165, 1.54) is 19.3 Å². The van der Waals surface area contributed by atoms with Gasteiger partial charge in [-0.25, -0.2) is 4.98 Å². The van der Waals surface area contributed by atoms with Crippen LogP contribution in [0.2, 0.25) is 0 Å². The maximum absolute atomic E-state index is 10.7. The van der Waals surface area contributed by atoms with Gasteiger partial charge in [0, 0.05) is 35.8 Å². The lowest BCUT2D eigenvalue weighted by Gasteiger charge is -2.55. The fourth-order valence-corrected chi connectivity index (χ4v) is 6.03. The zero-order chi connectivity index (χ0) is 24.9. The van der Waals surface area contributed by atoms with Gasteiger partial charge in [-0.3, -0.25) is 0 Å². The van der Waals surface area contributed by atoms with E-state index in [1.54, 1.807) is 24.4 Å². The zero-order valence-electron chi connectivity index (χ0n) is 20.9. The number of fused-ring (bicyclic) bond motifs is 3. The van der Waals surface area contributed by atoms with Gasteiger partial charge in [-0.05, 0) is 58.1 Å². The number of phenols is 1. The molecule has 6 rings (SSSR count). The molecule has 5 heterocycles. The second-order valence-electron chi connectivity index (χ2n) is 10.7. The Morgan fingerprint density at radius 2 is 1.78 bits per heavy atom. The fraction of sp³-hybridized carbons (Fsp3) is 0.500. The molecule has 2 aromatic heterocycles. The molecular formula is C26H31N7O3. The topological polar surface area (TPSA) is 118 Å². The molecule has 1 aromatic carbocycles. The van der Waals surface area contributed by atoms with Gasteiger partial charge in [0.25, 0.3) is 5.88 Å². The van der Waals surface area contributed by atoms with Gasteiger partial charge in [-0.2, -0.15) is 0 Å². The summed E-state index contributed by atoms with van der Waals surface area (Å²) < 4.78 is 11.0. The number of hydrogen-bond donors (Lipinski definition) is 2. The average molecular weight is 490 g/mol. The van der Waals surface area contributed by atoms with E-state index < -0.39 is 0 Å². The Bertz CT molecular complexity index is 1270. The maximum Gasteiger partial charge on any atom is 0.276 e. The first-order valence-electron chi connectivity index (χ1n) is 12.5. The number of benzene rings is 1. The van der Waals surface area contributed by atoms with E-state index in [9.17, 15) is 5.11 Å². The number of nitrogens with one attached hydrogen (secondary N) is 1. The van der Waals surface area contributed by atoms with Gasteiger partial charge in [-0.15, -0.1) is 20.4 Å². The molecule has 2 fully saturated rings. The second kappa shape index (κ2) is 8.55. The quantitative estimate of drug-likeness (QED) is 0.565. The van der Waals surface area contributed by atoms with Crippen molar-refractivity contribution in [3.8, 4) is 40.0 Å². The van der Waals surface area contributed by atoms with E-state index in [4.69, 9.17) is 9.47 Å². The molecule has 3 aliphatic heterocycles. The number of aromatic hydroxyl groups is 1. The molecule has 2 N–H and O–H groups in total. The summed E-state index contributed by atoms with van der Waals surface area (Å²) in [6, 6.07) is 7.35. The lowest BCUT2D eigenvalue weighted by Crippen LogP contribution is -2.66. The van der Waals surface area contributed by atoms with Crippen LogP contribution in [-0.4, -0.2) is 67.9 Å². The Morgan fingerprint density at radius 1 is 1.00 bits per heavy atom. The monoisotopic (exact) mass is 489 g/mol. The summed E-state index contributed by atoms with van der Waals surface area (Å²) in [6.45, 7) is 5.59. The summed E-state index contributed by atoms with van der Waals surface area (Å²) >= 11 is 0. The van der Waals surface area contributed by atoms with E-state index >= 15 is 0 Å². The van der Waals surface area contributed by atoms with Crippen LogP contribution in [0.3, 0.4) is 0 Å². The van der Waals surface area contributed by atoms with Crippen molar-refractivity contribution >= 4 is 5.82 Å². The van der Waals surface area contributed by atoms with Crippen molar-refractivity contribution < 1.29 is 14.6 Å². The van der Waals surface area contributed by atoms with Crippen LogP contribution in [0.15, 0.2) is 30.5 Å². The first-order valence-corrected chi connectivity index (χ1v) is 12.5. The molecule has 188 valence electrons. The highest BCUT2D eigenvalue weighted by Gasteiger charge is 2.46. The van der Waals surface area contributed by atoms with Crippen molar-refractivity contribution in [1.29, 1.82) is 0 Å². The molecule has 2 saturated heterocycles. The van der Waals surface area contributed by atoms with E-state index in [-0.39, 0.29) is 16.8 Å². The molecule has 10 heteroatoms. The van der Waals surface area contributed by atoms with Gasteiger partial charge in [0.1, 0.15) is 19.0 Å². The van der Waals surface area contributed by atoms with Gasteiger partial charge in [0.05, 0.1) is 17.5 Å². The summed E-state index contributed by atoms with van der Waals surface area (Å²) in [5, 5.41) is 31.7. The molecule has 0 aliphatic carbocycles.